The predicted octanol–water partition coefficient (Wildman–Crippen LogP) is 0.461. The molecule has 3 N–H and O–H groups in total. The summed E-state index contributed by atoms with van der Waals surface area (Å²) in [5, 5.41) is 20.8. The number of aliphatic hydroxyl groups excluding tert-OH is 2. The molecule has 0 radical (unpaired) electrons. The van der Waals surface area contributed by atoms with Crippen molar-refractivity contribution in [3.8, 4) is 0 Å². The second-order valence-corrected chi connectivity index (χ2v) is 4.53. The van der Waals surface area contributed by atoms with Gasteiger partial charge in [-0.3, -0.25) is 0 Å². The lowest BCUT2D eigenvalue weighted by Gasteiger charge is -2.15. The van der Waals surface area contributed by atoms with Crippen LogP contribution in [0.25, 0.3) is 0 Å². The summed E-state index contributed by atoms with van der Waals surface area (Å²) in [6.07, 6.45) is 0.484. The van der Waals surface area contributed by atoms with Crippen LogP contribution in [0.4, 0.5) is 0 Å². The number of aliphatic hydroxyl groups is 2. The lowest BCUT2D eigenvalue weighted by molar-refractivity contribution is 0.0923. The van der Waals surface area contributed by atoms with Crippen molar-refractivity contribution >= 4 is 11.8 Å². The van der Waals surface area contributed by atoms with Crippen LogP contribution in [0.2, 0.25) is 0 Å². The molecule has 3 nitrogen and oxygen atoms in total. The van der Waals surface area contributed by atoms with E-state index >= 15 is 0 Å². The van der Waals surface area contributed by atoms with E-state index in [1.165, 1.54) is 0 Å². The maximum absolute atomic E-state index is 9.06. The highest BCUT2D eigenvalue weighted by atomic mass is 32.2. The van der Waals surface area contributed by atoms with Gasteiger partial charge in [-0.2, -0.15) is 11.8 Å². The van der Waals surface area contributed by atoms with Crippen molar-refractivity contribution < 1.29 is 10.2 Å². The molecule has 0 saturated heterocycles. The molecule has 1 unspecified atom stereocenters. The minimum atomic E-state index is -0.624. The maximum atomic E-state index is 9.06. The molecule has 13 heavy (non-hydrogen) atoms. The van der Waals surface area contributed by atoms with E-state index in [-0.39, 0.29) is 6.61 Å². The Balaban J connectivity index is 3.24. The minimum absolute atomic E-state index is 0.163. The molecular formula is C9H21NO2S. The van der Waals surface area contributed by atoms with Crippen molar-refractivity contribution in [2.24, 2.45) is 0 Å². The molecule has 0 aliphatic carbocycles. The lowest BCUT2D eigenvalue weighted by Crippen LogP contribution is -2.35. The van der Waals surface area contributed by atoms with Crippen LogP contribution in [-0.4, -0.2) is 47.0 Å². The van der Waals surface area contributed by atoms with Gasteiger partial charge in [-0.15, -0.1) is 0 Å². The highest BCUT2D eigenvalue weighted by molar-refractivity contribution is 7.99. The molecule has 0 aliphatic rings. The van der Waals surface area contributed by atoms with Gasteiger partial charge in [0, 0.05) is 12.6 Å². The third-order valence-electron chi connectivity index (χ3n) is 1.81. The van der Waals surface area contributed by atoms with Gasteiger partial charge in [0.25, 0.3) is 0 Å². The van der Waals surface area contributed by atoms with E-state index in [1.807, 2.05) is 11.8 Å². The van der Waals surface area contributed by atoms with E-state index in [9.17, 15) is 0 Å². The van der Waals surface area contributed by atoms with Crippen molar-refractivity contribution in [3.05, 3.63) is 0 Å². The zero-order chi connectivity index (χ0) is 10.1. The van der Waals surface area contributed by atoms with Crippen LogP contribution in [0.5, 0.6) is 0 Å². The minimum Gasteiger partial charge on any atom is -0.394 e. The van der Waals surface area contributed by atoms with Crippen LogP contribution in [-0.2, 0) is 0 Å². The van der Waals surface area contributed by atoms with E-state index in [0.717, 1.165) is 17.9 Å². The molecule has 0 aromatic rings. The molecular weight excluding hydrogens is 186 g/mol. The summed E-state index contributed by atoms with van der Waals surface area (Å²) >= 11 is 1.92. The Bertz CT molecular complexity index is 114. The van der Waals surface area contributed by atoms with Gasteiger partial charge in [0.2, 0.25) is 0 Å². The zero-order valence-electron chi connectivity index (χ0n) is 8.49. The molecule has 0 spiro atoms. The summed E-state index contributed by atoms with van der Waals surface area (Å²) in [5.74, 6) is 2.31. The van der Waals surface area contributed by atoms with Crippen LogP contribution in [0, 0.1) is 0 Å². The number of rotatable bonds is 8. The largest absolute Gasteiger partial charge is 0.394 e. The summed E-state index contributed by atoms with van der Waals surface area (Å²) in [5.41, 5.74) is 0. The van der Waals surface area contributed by atoms with Crippen LogP contribution in [0.1, 0.15) is 20.3 Å². The standard InChI is InChI=1S/C9H21NO2S/c1-3-13-5-4-8(2)10-6-9(12)7-11/h8-12H,3-7H2,1-2H3/t8?,9-/m0/s1. The Morgan fingerprint density at radius 2 is 2.15 bits per heavy atom. The van der Waals surface area contributed by atoms with Crippen LogP contribution in [0.3, 0.4) is 0 Å². The van der Waals surface area contributed by atoms with Crippen molar-refractivity contribution in [1.82, 2.24) is 5.32 Å². The quantitative estimate of drug-likeness (QED) is 0.506. The normalized spacial score (nSPS) is 15.7. The molecule has 0 aliphatic heterocycles. The van der Waals surface area contributed by atoms with Gasteiger partial charge in [-0.25, -0.2) is 0 Å². The van der Waals surface area contributed by atoms with Crippen molar-refractivity contribution in [2.75, 3.05) is 24.7 Å². The SMILES string of the molecule is CCSCCC(C)NC[C@H](O)CO. The third kappa shape index (κ3) is 8.56. The summed E-state index contributed by atoms with van der Waals surface area (Å²) in [7, 11) is 0. The molecule has 0 fully saturated rings. The summed E-state index contributed by atoms with van der Waals surface area (Å²) in [4.78, 5) is 0. The monoisotopic (exact) mass is 207 g/mol. The Morgan fingerprint density at radius 1 is 1.46 bits per heavy atom. The fourth-order valence-corrected chi connectivity index (χ4v) is 1.72. The van der Waals surface area contributed by atoms with Crippen molar-refractivity contribution in [1.29, 1.82) is 0 Å². The average molecular weight is 207 g/mol. The highest BCUT2D eigenvalue weighted by Gasteiger charge is 2.04. The molecule has 0 aromatic heterocycles. The summed E-state index contributed by atoms with van der Waals surface area (Å²) in [6.45, 7) is 4.57. The van der Waals surface area contributed by atoms with Gasteiger partial charge in [0.1, 0.15) is 0 Å². The molecule has 0 bridgehead atoms. The average Bonchev–Trinajstić information content (AvgIpc) is 2.14. The fourth-order valence-electron chi connectivity index (χ4n) is 0.908. The zero-order valence-corrected chi connectivity index (χ0v) is 9.31. The molecule has 0 aromatic carbocycles. The molecule has 80 valence electrons. The second-order valence-electron chi connectivity index (χ2n) is 3.13. The van der Waals surface area contributed by atoms with E-state index < -0.39 is 6.10 Å². The van der Waals surface area contributed by atoms with Gasteiger partial charge >= 0.3 is 0 Å². The van der Waals surface area contributed by atoms with Gasteiger partial charge in [-0.1, -0.05) is 6.92 Å². The third-order valence-corrected chi connectivity index (χ3v) is 2.74. The van der Waals surface area contributed by atoms with E-state index in [1.54, 1.807) is 0 Å². The van der Waals surface area contributed by atoms with Gasteiger partial charge in [0.15, 0.2) is 0 Å². The van der Waals surface area contributed by atoms with Gasteiger partial charge < -0.3 is 15.5 Å². The smallest absolute Gasteiger partial charge is 0.0895 e. The van der Waals surface area contributed by atoms with E-state index in [4.69, 9.17) is 10.2 Å². The summed E-state index contributed by atoms with van der Waals surface area (Å²) < 4.78 is 0. The van der Waals surface area contributed by atoms with E-state index in [2.05, 4.69) is 19.2 Å². The maximum Gasteiger partial charge on any atom is 0.0895 e. The first-order valence-electron chi connectivity index (χ1n) is 4.80. The van der Waals surface area contributed by atoms with Crippen LogP contribution >= 0.6 is 11.8 Å². The molecule has 0 heterocycles. The highest BCUT2D eigenvalue weighted by Crippen LogP contribution is 2.03. The Hall–Kier alpha value is 0.230. The number of hydrogen-bond acceptors (Lipinski definition) is 4. The number of nitrogens with one attached hydrogen (secondary N) is 1. The first-order chi connectivity index (χ1) is 6.20. The van der Waals surface area contributed by atoms with Gasteiger partial charge in [0.05, 0.1) is 12.7 Å². The van der Waals surface area contributed by atoms with Crippen molar-refractivity contribution in [3.63, 3.8) is 0 Å². The fraction of sp³-hybridized carbons (Fsp3) is 1.00. The Labute approximate surface area is 84.9 Å². The lowest BCUT2D eigenvalue weighted by atomic mass is 10.2. The Kier molecular flexibility index (Phi) is 8.97. The molecule has 0 rings (SSSR count). The van der Waals surface area contributed by atoms with E-state index in [0.29, 0.717) is 12.6 Å². The number of hydrogen-bond donors (Lipinski definition) is 3. The number of thioether (sulfide) groups is 1. The Morgan fingerprint density at radius 3 is 2.69 bits per heavy atom. The molecule has 2 atom stereocenters. The molecule has 4 heteroatoms. The molecule has 0 saturated carbocycles. The van der Waals surface area contributed by atoms with Crippen LogP contribution < -0.4 is 5.32 Å². The predicted molar refractivity (Wildman–Crippen MR) is 58.2 cm³/mol. The first-order valence-corrected chi connectivity index (χ1v) is 5.96. The van der Waals surface area contributed by atoms with Crippen molar-refractivity contribution in [2.45, 2.75) is 32.4 Å². The summed E-state index contributed by atoms with van der Waals surface area (Å²) in [6, 6.07) is 0.417. The first kappa shape index (κ1) is 13.2. The topological polar surface area (TPSA) is 52.5 Å². The molecule has 0 amide bonds. The van der Waals surface area contributed by atoms with Gasteiger partial charge in [-0.05, 0) is 24.9 Å². The van der Waals surface area contributed by atoms with Crippen LogP contribution in [0.15, 0.2) is 0 Å². The second kappa shape index (κ2) is 8.81.